The summed E-state index contributed by atoms with van der Waals surface area (Å²) in [6.45, 7) is 0. The van der Waals surface area contributed by atoms with Gasteiger partial charge in [-0.15, -0.1) is 0 Å². The van der Waals surface area contributed by atoms with E-state index in [1.54, 1.807) is 6.07 Å². The van der Waals surface area contributed by atoms with Gasteiger partial charge in [0.1, 0.15) is 11.3 Å². The second kappa shape index (κ2) is 7.06. The van der Waals surface area contributed by atoms with Gasteiger partial charge in [-0.2, -0.15) is 0 Å². The molecular formula is C22H16ClNO2. The Morgan fingerprint density at radius 3 is 2.42 bits per heavy atom. The first-order chi connectivity index (χ1) is 12.7. The molecule has 0 unspecified atom stereocenters. The Hall–Kier alpha value is -3.04. The molecule has 4 rings (SSSR count). The molecule has 0 atom stereocenters. The molecule has 3 aromatic carbocycles. The van der Waals surface area contributed by atoms with Crippen molar-refractivity contribution in [1.29, 1.82) is 0 Å². The molecule has 1 amide bonds. The van der Waals surface area contributed by atoms with Crippen molar-refractivity contribution in [3.63, 3.8) is 0 Å². The van der Waals surface area contributed by atoms with E-state index >= 15 is 0 Å². The number of nitrogens with one attached hydrogen (secondary N) is 1. The highest BCUT2D eigenvalue weighted by Gasteiger charge is 2.09. The van der Waals surface area contributed by atoms with Crippen LogP contribution in [0.15, 0.2) is 83.3 Å². The Morgan fingerprint density at radius 2 is 1.65 bits per heavy atom. The van der Waals surface area contributed by atoms with E-state index < -0.39 is 0 Å². The van der Waals surface area contributed by atoms with E-state index in [0.717, 1.165) is 33.5 Å². The summed E-state index contributed by atoms with van der Waals surface area (Å²) in [4.78, 5) is 12.2. The van der Waals surface area contributed by atoms with Crippen LogP contribution in [-0.2, 0) is 11.2 Å². The lowest BCUT2D eigenvalue weighted by Gasteiger charge is -2.07. The summed E-state index contributed by atoms with van der Waals surface area (Å²) in [5.41, 5.74) is 3.37. The molecule has 0 spiro atoms. The number of benzene rings is 3. The molecule has 3 nitrogen and oxygen atoms in total. The third-order valence-electron chi connectivity index (χ3n) is 4.19. The predicted octanol–water partition coefficient (Wildman–Crippen LogP) is 5.93. The molecular weight excluding hydrogens is 346 g/mol. The molecule has 4 heteroatoms. The lowest BCUT2D eigenvalue weighted by Crippen LogP contribution is -2.14. The van der Waals surface area contributed by atoms with E-state index in [0.29, 0.717) is 5.02 Å². The molecule has 26 heavy (non-hydrogen) atoms. The molecule has 0 aliphatic carbocycles. The van der Waals surface area contributed by atoms with Crippen molar-refractivity contribution < 1.29 is 9.21 Å². The smallest absolute Gasteiger partial charge is 0.228 e. The molecule has 0 aliphatic heterocycles. The number of hydrogen-bond acceptors (Lipinski definition) is 2. The van der Waals surface area contributed by atoms with Gasteiger partial charge in [0.25, 0.3) is 0 Å². The van der Waals surface area contributed by atoms with Crippen LogP contribution in [0.25, 0.3) is 22.3 Å². The van der Waals surface area contributed by atoms with Crippen molar-refractivity contribution in [1.82, 2.24) is 0 Å². The first-order valence-electron chi connectivity index (χ1n) is 8.31. The van der Waals surface area contributed by atoms with E-state index in [9.17, 15) is 4.79 Å². The standard InChI is InChI=1S/C22H16ClNO2/c23-19-7-3-1-5-16(19)14-22(25)24-18-11-9-15(10-12-18)21-13-17-6-2-4-8-20(17)26-21/h1-13H,14H2,(H,24,25). The third kappa shape index (κ3) is 3.48. The zero-order valence-electron chi connectivity index (χ0n) is 13.9. The van der Waals surface area contributed by atoms with Crippen LogP contribution in [0.3, 0.4) is 0 Å². The largest absolute Gasteiger partial charge is 0.456 e. The Labute approximate surface area is 156 Å². The van der Waals surface area contributed by atoms with Crippen molar-refractivity contribution in [2.24, 2.45) is 0 Å². The van der Waals surface area contributed by atoms with Gasteiger partial charge < -0.3 is 9.73 Å². The quantitative estimate of drug-likeness (QED) is 0.489. The number of halogens is 1. The number of carbonyl (C=O) groups is 1. The minimum atomic E-state index is -0.102. The summed E-state index contributed by atoms with van der Waals surface area (Å²) in [7, 11) is 0. The highest BCUT2D eigenvalue weighted by atomic mass is 35.5. The van der Waals surface area contributed by atoms with Crippen LogP contribution in [0.2, 0.25) is 5.02 Å². The van der Waals surface area contributed by atoms with Crippen LogP contribution in [-0.4, -0.2) is 5.91 Å². The van der Waals surface area contributed by atoms with Gasteiger partial charge in [-0.3, -0.25) is 4.79 Å². The second-order valence-corrected chi connectivity index (χ2v) is 6.45. The Kier molecular flexibility index (Phi) is 4.46. The van der Waals surface area contributed by atoms with Gasteiger partial charge in [-0.1, -0.05) is 48.0 Å². The average molecular weight is 362 g/mol. The van der Waals surface area contributed by atoms with Gasteiger partial charge in [0, 0.05) is 21.7 Å². The minimum Gasteiger partial charge on any atom is -0.456 e. The lowest BCUT2D eigenvalue weighted by atomic mass is 10.1. The highest BCUT2D eigenvalue weighted by Crippen LogP contribution is 2.28. The van der Waals surface area contributed by atoms with Crippen molar-refractivity contribution in [3.05, 3.63) is 89.4 Å². The molecule has 0 fully saturated rings. The zero-order valence-corrected chi connectivity index (χ0v) is 14.7. The first kappa shape index (κ1) is 16.4. The van der Waals surface area contributed by atoms with Gasteiger partial charge in [0.05, 0.1) is 6.42 Å². The highest BCUT2D eigenvalue weighted by molar-refractivity contribution is 6.31. The van der Waals surface area contributed by atoms with Gasteiger partial charge >= 0.3 is 0 Å². The van der Waals surface area contributed by atoms with Crippen LogP contribution < -0.4 is 5.32 Å². The number of para-hydroxylation sites is 1. The van der Waals surface area contributed by atoms with E-state index in [-0.39, 0.29) is 12.3 Å². The third-order valence-corrected chi connectivity index (χ3v) is 4.56. The summed E-state index contributed by atoms with van der Waals surface area (Å²) < 4.78 is 5.87. The fourth-order valence-electron chi connectivity index (χ4n) is 2.86. The van der Waals surface area contributed by atoms with Crippen LogP contribution in [0.5, 0.6) is 0 Å². The van der Waals surface area contributed by atoms with Crippen LogP contribution in [0, 0.1) is 0 Å². The number of carbonyl (C=O) groups excluding carboxylic acids is 1. The summed E-state index contributed by atoms with van der Waals surface area (Å²) in [5.74, 6) is 0.703. The number of fused-ring (bicyclic) bond motifs is 1. The maximum absolute atomic E-state index is 12.2. The van der Waals surface area contributed by atoms with E-state index in [2.05, 4.69) is 5.32 Å². The van der Waals surface area contributed by atoms with Crippen molar-refractivity contribution in [2.75, 3.05) is 5.32 Å². The molecule has 0 bridgehead atoms. The van der Waals surface area contributed by atoms with Crippen LogP contribution in [0.1, 0.15) is 5.56 Å². The van der Waals surface area contributed by atoms with Gasteiger partial charge in [-0.25, -0.2) is 0 Å². The number of furan rings is 1. The maximum atomic E-state index is 12.2. The van der Waals surface area contributed by atoms with Crippen LogP contribution >= 0.6 is 11.6 Å². The molecule has 0 radical (unpaired) electrons. The molecule has 128 valence electrons. The normalized spacial score (nSPS) is 10.8. The molecule has 0 saturated carbocycles. The molecule has 0 aliphatic rings. The van der Waals surface area contributed by atoms with E-state index in [1.165, 1.54) is 0 Å². The fourth-order valence-corrected chi connectivity index (χ4v) is 3.06. The van der Waals surface area contributed by atoms with E-state index in [1.807, 2.05) is 72.8 Å². The summed E-state index contributed by atoms with van der Waals surface area (Å²) in [5, 5.41) is 4.56. The average Bonchev–Trinajstić information content (AvgIpc) is 3.08. The van der Waals surface area contributed by atoms with Gasteiger partial charge in [0.2, 0.25) is 5.91 Å². The Balaban J connectivity index is 1.47. The first-order valence-corrected chi connectivity index (χ1v) is 8.69. The maximum Gasteiger partial charge on any atom is 0.228 e. The van der Waals surface area contributed by atoms with E-state index in [4.69, 9.17) is 16.0 Å². The molecule has 0 saturated heterocycles. The molecule has 1 N–H and O–H groups in total. The van der Waals surface area contributed by atoms with Gasteiger partial charge in [-0.05, 0) is 48.0 Å². The number of amides is 1. The predicted molar refractivity (Wildman–Crippen MR) is 105 cm³/mol. The van der Waals surface area contributed by atoms with Crippen molar-refractivity contribution in [2.45, 2.75) is 6.42 Å². The van der Waals surface area contributed by atoms with Gasteiger partial charge in [0.15, 0.2) is 0 Å². The number of hydrogen-bond donors (Lipinski definition) is 1. The topological polar surface area (TPSA) is 42.2 Å². The SMILES string of the molecule is O=C(Cc1ccccc1Cl)Nc1ccc(-c2cc3ccccc3o2)cc1. The minimum absolute atomic E-state index is 0.102. The fraction of sp³-hybridized carbons (Fsp3) is 0.0455. The molecule has 4 aromatic rings. The van der Waals surface area contributed by atoms with Crippen molar-refractivity contribution in [3.8, 4) is 11.3 Å². The molecule has 1 aromatic heterocycles. The van der Waals surface area contributed by atoms with Crippen molar-refractivity contribution >= 4 is 34.2 Å². The van der Waals surface area contributed by atoms with Crippen LogP contribution in [0.4, 0.5) is 5.69 Å². The lowest BCUT2D eigenvalue weighted by molar-refractivity contribution is -0.115. The summed E-state index contributed by atoms with van der Waals surface area (Å²) in [6, 6.07) is 24.9. The monoisotopic (exact) mass is 361 g/mol. The molecule has 1 heterocycles. The summed E-state index contributed by atoms with van der Waals surface area (Å²) >= 11 is 6.10. The summed E-state index contributed by atoms with van der Waals surface area (Å²) in [6.07, 6.45) is 0.241. The zero-order chi connectivity index (χ0) is 17.9. The number of anilines is 1. The second-order valence-electron chi connectivity index (χ2n) is 6.04. The number of rotatable bonds is 4. The Morgan fingerprint density at radius 1 is 0.923 bits per heavy atom. The Bertz CT molecular complexity index is 1030.